The Morgan fingerprint density at radius 1 is 1.03 bits per heavy atom. The third-order valence-electron chi connectivity index (χ3n) is 7.49. The van der Waals surface area contributed by atoms with Gasteiger partial charge in [-0.15, -0.1) is 10.2 Å². The van der Waals surface area contributed by atoms with Crippen molar-refractivity contribution in [3.05, 3.63) is 77.0 Å². The van der Waals surface area contributed by atoms with Crippen molar-refractivity contribution in [1.82, 2.24) is 10.2 Å². The van der Waals surface area contributed by atoms with Gasteiger partial charge in [0.2, 0.25) is 5.89 Å². The molecule has 2 heterocycles. The summed E-state index contributed by atoms with van der Waals surface area (Å²) in [5, 5.41) is 23.1. The van der Waals surface area contributed by atoms with Crippen LogP contribution in [0.25, 0.3) is 0 Å². The van der Waals surface area contributed by atoms with E-state index < -0.39 is 5.60 Å². The number of hydrogen-bond acceptors (Lipinski definition) is 5. The standard InChI is InChI=1S/C28H35N3O3/c1-31(2,17-15-21-13-14-25-22(19-21)16-18-33-25)20-26-29-30-27(34-26)28(32,23-9-5-3-6-10-23)24-11-7-4-8-12-24/h3,5-6,9-10,13-14,19,24H,4,7-8,11-12,15-18,20H2,1-2H3. The summed E-state index contributed by atoms with van der Waals surface area (Å²) in [7, 11) is 4.34. The first-order chi connectivity index (χ1) is 16.4. The molecule has 0 spiro atoms. The second-order valence-electron chi connectivity index (χ2n) is 10.5. The molecule has 1 aromatic heterocycles. The molecule has 0 amide bonds. The molecule has 6 heteroatoms. The molecular weight excluding hydrogens is 426 g/mol. The van der Waals surface area contributed by atoms with Crippen molar-refractivity contribution < 1.29 is 18.7 Å². The van der Waals surface area contributed by atoms with Crippen LogP contribution >= 0.6 is 0 Å². The van der Waals surface area contributed by atoms with Gasteiger partial charge in [0.15, 0.2) is 6.54 Å². The van der Waals surface area contributed by atoms with Crippen LogP contribution < -0.4 is 9.84 Å². The van der Waals surface area contributed by atoms with Gasteiger partial charge in [-0.2, -0.15) is 0 Å². The van der Waals surface area contributed by atoms with Crippen LogP contribution in [0.3, 0.4) is 0 Å². The van der Waals surface area contributed by atoms with Crippen molar-refractivity contribution in [2.75, 3.05) is 27.2 Å². The fourth-order valence-corrected chi connectivity index (χ4v) is 5.47. The van der Waals surface area contributed by atoms with Crippen LogP contribution in [0.4, 0.5) is 0 Å². The number of ether oxygens (including phenoxy) is 1. The van der Waals surface area contributed by atoms with E-state index in [1.807, 2.05) is 30.3 Å². The van der Waals surface area contributed by atoms with Crippen molar-refractivity contribution in [2.24, 2.45) is 5.92 Å². The van der Waals surface area contributed by atoms with Gasteiger partial charge in [-0.1, -0.05) is 74.6 Å². The largest absolute Gasteiger partial charge is 0.839 e. The molecule has 6 nitrogen and oxygen atoms in total. The van der Waals surface area contributed by atoms with E-state index in [2.05, 4.69) is 42.5 Å². The molecule has 2 aliphatic rings. The SMILES string of the molecule is C[N+](C)(CCc1ccc2c(c1)CCO2)Cc1nnc(C([O-])(c2ccccc2)C2CCCCC2)o1. The molecule has 1 aliphatic heterocycles. The van der Waals surface area contributed by atoms with E-state index in [9.17, 15) is 5.11 Å². The summed E-state index contributed by atoms with van der Waals surface area (Å²) < 4.78 is 12.5. The second kappa shape index (κ2) is 9.51. The summed E-state index contributed by atoms with van der Waals surface area (Å²) in [5.74, 6) is 1.75. The predicted octanol–water partition coefficient (Wildman–Crippen LogP) is 4.01. The van der Waals surface area contributed by atoms with Gasteiger partial charge in [-0.05, 0) is 34.3 Å². The molecule has 5 rings (SSSR count). The number of benzene rings is 2. The summed E-state index contributed by atoms with van der Waals surface area (Å²) in [5.41, 5.74) is 1.86. The number of rotatable bonds is 8. The Labute approximate surface area is 202 Å². The normalized spacial score (nSPS) is 18.3. The molecular formula is C28H35N3O3. The van der Waals surface area contributed by atoms with Gasteiger partial charge in [-0.25, -0.2) is 0 Å². The Balaban J connectivity index is 1.31. The van der Waals surface area contributed by atoms with E-state index in [1.165, 1.54) is 17.5 Å². The van der Waals surface area contributed by atoms with E-state index in [0.717, 1.165) is 63.0 Å². The topological polar surface area (TPSA) is 71.2 Å². The zero-order chi connectivity index (χ0) is 23.6. The van der Waals surface area contributed by atoms with Gasteiger partial charge in [0.25, 0.3) is 5.89 Å². The number of aromatic nitrogens is 2. The fraction of sp³-hybridized carbons (Fsp3) is 0.500. The van der Waals surface area contributed by atoms with Crippen molar-refractivity contribution >= 4 is 0 Å². The Morgan fingerprint density at radius 3 is 2.62 bits per heavy atom. The summed E-state index contributed by atoms with van der Waals surface area (Å²) in [4.78, 5) is 0. The maximum absolute atomic E-state index is 14.4. The highest BCUT2D eigenvalue weighted by atomic mass is 16.5. The van der Waals surface area contributed by atoms with Crippen LogP contribution in [0.15, 0.2) is 52.9 Å². The lowest BCUT2D eigenvalue weighted by atomic mass is 9.73. The van der Waals surface area contributed by atoms with Gasteiger partial charge in [0, 0.05) is 12.8 Å². The molecule has 2 aromatic carbocycles. The van der Waals surface area contributed by atoms with Crippen LogP contribution in [0.5, 0.6) is 5.75 Å². The molecule has 1 saturated carbocycles. The molecule has 1 fully saturated rings. The second-order valence-corrected chi connectivity index (χ2v) is 10.5. The van der Waals surface area contributed by atoms with E-state index in [1.54, 1.807) is 0 Å². The van der Waals surface area contributed by atoms with Crippen molar-refractivity contribution in [1.29, 1.82) is 0 Å². The Kier molecular flexibility index (Phi) is 6.45. The Bertz CT molecular complexity index is 1110. The molecule has 34 heavy (non-hydrogen) atoms. The first-order valence-electron chi connectivity index (χ1n) is 12.6. The fourth-order valence-electron chi connectivity index (χ4n) is 5.47. The predicted molar refractivity (Wildman–Crippen MR) is 128 cm³/mol. The Hall–Kier alpha value is -2.70. The lowest BCUT2D eigenvalue weighted by Gasteiger charge is -2.46. The number of quaternary nitrogens is 1. The molecule has 1 unspecified atom stereocenters. The minimum atomic E-state index is -1.49. The molecule has 1 aliphatic carbocycles. The van der Waals surface area contributed by atoms with Crippen LogP contribution in [0, 0.1) is 5.92 Å². The molecule has 0 saturated heterocycles. The highest BCUT2D eigenvalue weighted by Crippen LogP contribution is 2.41. The molecule has 3 aromatic rings. The summed E-state index contributed by atoms with van der Waals surface area (Å²) in [6, 6.07) is 16.1. The third kappa shape index (κ3) is 4.75. The van der Waals surface area contributed by atoms with Crippen molar-refractivity contribution in [2.45, 2.75) is 57.1 Å². The summed E-state index contributed by atoms with van der Waals surface area (Å²) >= 11 is 0. The van der Waals surface area contributed by atoms with Gasteiger partial charge in [0.05, 0.1) is 27.2 Å². The number of likely N-dealkylation sites (N-methyl/N-ethyl adjacent to an activating group) is 1. The zero-order valence-corrected chi connectivity index (χ0v) is 20.3. The Morgan fingerprint density at radius 2 is 1.82 bits per heavy atom. The molecule has 0 N–H and O–H groups in total. The summed E-state index contributed by atoms with van der Waals surface area (Å²) in [6.07, 6.45) is 7.12. The number of fused-ring (bicyclic) bond motifs is 1. The molecule has 0 bridgehead atoms. The third-order valence-corrected chi connectivity index (χ3v) is 7.49. The van der Waals surface area contributed by atoms with E-state index in [-0.39, 0.29) is 11.8 Å². The maximum atomic E-state index is 14.4. The van der Waals surface area contributed by atoms with Crippen LogP contribution in [0.2, 0.25) is 0 Å². The first-order valence-corrected chi connectivity index (χ1v) is 12.6. The monoisotopic (exact) mass is 461 g/mol. The van der Waals surface area contributed by atoms with Crippen LogP contribution in [0.1, 0.15) is 60.6 Å². The van der Waals surface area contributed by atoms with E-state index in [4.69, 9.17) is 9.15 Å². The van der Waals surface area contributed by atoms with E-state index >= 15 is 0 Å². The average Bonchev–Trinajstić information content (AvgIpc) is 3.52. The van der Waals surface area contributed by atoms with Crippen LogP contribution in [-0.4, -0.2) is 41.9 Å². The maximum Gasteiger partial charge on any atom is 0.271 e. The zero-order valence-electron chi connectivity index (χ0n) is 20.3. The van der Waals surface area contributed by atoms with Crippen molar-refractivity contribution in [3.8, 4) is 5.75 Å². The molecule has 0 radical (unpaired) electrons. The first kappa shape index (κ1) is 23.1. The van der Waals surface area contributed by atoms with Crippen LogP contribution in [-0.2, 0) is 25.0 Å². The lowest BCUT2D eigenvalue weighted by Crippen LogP contribution is -2.49. The van der Waals surface area contributed by atoms with E-state index in [0.29, 0.717) is 16.9 Å². The quantitative estimate of drug-likeness (QED) is 0.474. The van der Waals surface area contributed by atoms with Gasteiger partial charge in [0.1, 0.15) is 5.75 Å². The van der Waals surface area contributed by atoms with Crippen molar-refractivity contribution in [3.63, 3.8) is 0 Å². The van der Waals surface area contributed by atoms with Gasteiger partial charge >= 0.3 is 0 Å². The van der Waals surface area contributed by atoms with Gasteiger partial charge < -0.3 is 18.7 Å². The lowest BCUT2D eigenvalue weighted by molar-refractivity contribution is -0.904. The minimum Gasteiger partial charge on any atom is -0.839 e. The average molecular weight is 462 g/mol. The minimum absolute atomic E-state index is 0.0248. The van der Waals surface area contributed by atoms with Gasteiger partial charge in [-0.3, -0.25) is 0 Å². The molecule has 180 valence electrons. The highest BCUT2D eigenvalue weighted by molar-refractivity contribution is 5.39. The molecule has 1 atom stereocenters. The highest BCUT2D eigenvalue weighted by Gasteiger charge is 2.37. The summed E-state index contributed by atoms with van der Waals surface area (Å²) in [6.45, 7) is 2.31. The number of nitrogens with zero attached hydrogens (tertiary/aromatic N) is 3. The smallest absolute Gasteiger partial charge is 0.271 e. The number of hydrogen-bond donors (Lipinski definition) is 0.